The maximum Gasteiger partial charge on any atom is 0.322 e. The van der Waals surface area contributed by atoms with E-state index in [-0.39, 0.29) is 25.3 Å². The van der Waals surface area contributed by atoms with Gasteiger partial charge in [0, 0.05) is 24.9 Å². The molecule has 0 aliphatic carbocycles. The number of nitrogens with one attached hydrogen (secondary N) is 4. The van der Waals surface area contributed by atoms with Gasteiger partial charge in [0.15, 0.2) is 5.96 Å². The van der Waals surface area contributed by atoms with E-state index < -0.39 is 60.8 Å². The molecule has 0 aliphatic rings. The van der Waals surface area contributed by atoms with Crippen LogP contribution in [-0.4, -0.2) is 87.0 Å². The Bertz CT molecular complexity index is 884. The van der Waals surface area contributed by atoms with Crippen LogP contribution in [0.15, 0.2) is 17.5 Å². The van der Waals surface area contributed by atoms with Gasteiger partial charge in [-0.1, -0.05) is 0 Å². The van der Waals surface area contributed by atoms with Crippen LogP contribution in [0, 0.1) is 0 Å². The summed E-state index contributed by atoms with van der Waals surface area (Å²) in [6.45, 7) is -0.516. The lowest BCUT2D eigenvalue weighted by Crippen LogP contribution is -2.57. The molecule has 16 nitrogen and oxygen atoms in total. The number of amides is 3. The molecule has 3 unspecified atom stereocenters. The second kappa shape index (κ2) is 14.0. The van der Waals surface area contributed by atoms with Crippen LogP contribution in [0.2, 0.25) is 0 Å². The van der Waals surface area contributed by atoms with Crippen LogP contribution in [0.3, 0.4) is 0 Å². The van der Waals surface area contributed by atoms with E-state index in [1.807, 2.05) is 5.32 Å². The number of aliphatic carboxylic acids is 2. The normalized spacial score (nSPS) is 13.1. The topological polar surface area (TPSA) is 281 Å². The number of nitrogens with zero attached hydrogens (tertiary/aromatic N) is 2. The average molecular weight is 483 g/mol. The third kappa shape index (κ3) is 10.9. The molecular formula is C18H29N9O7. The number of carboxylic acids is 2. The molecule has 16 heteroatoms. The van der Waals surface area contributed by atoms with Crippen LogP contribution >= 0.6 is 0 Å². The van der Waals surface area contributed by atoms with Crippen molar-refractivity contribution < 1.29 is 34.2 Å². The predicted molar refractivity (Wildman–Crippen MR) is 117 cm³/mol. The average Bonchev–Trinajstić information content (AvgIpc) is 3.26. The van der Waals surface area contributed by atoms with Crippen molar-refractivity contribution >= 4 is 35.6 Å². The van der Waals surface area contributed by atoms with Gasteiger partial charge in [0.1, 0.15) is 18.6 Å². The first kappa shape index (κ1) is 27.8. The van der Waals surface area contributed by atoms with Gasteiger partial charge >= 0.3 is 11.9 Å². The van der Waals surface area contributed by atoms with Gasteiger partial charge in [0.2, 0.25) is 17.7 Å². The third-order valence-corrected chi connectivity index (χ3v) is 4.34. The molecule has 34 heavy (non-hydrogen) atoms. The van der Waals surface area contributed by atoms with Crippen molar-refractivity contribution in [2.45, 2.75) is 43.8 Å². The fraction of sp³-hybridized carbons (Fsp3) is 0.500. The second-order valence-electron chi connectivity index (χ2n) is 7.17. The summed E-state index contributed by atoms with van der Waals surface area (Å²) in [5, 5.41) is 24.4. The molecule has 1 rings (SSSR count). The number of rotatable bonds is 15. The summed E-state index contributed by atoms with van der Waals surface area (Å²) in [5.74, 6) is -5.43. The minimum absolute atomic E-state index is 0.0746. The van der Waals surface area contributed by atoms with E-state index in [0.717, 1.165) is 0 Å². The Morgan fingerprint density at radius 2 is 1.71 bits per heavy atom. The van der Waals surface area contributed by atoms with Crippen molar-refractivity contribution in [2.24, 2.45) is 22.2 Å². The smallest absolute Gasteiger partial charge is 0.322 e. The van der Waals surface area contributed by atoms with E-state index in [4.69, 9.17) is 27.4 Å². The number of guanidine groups is 1. The summed E-state index contributed by atoms with van der Waals surface area (Å²) in [7, 11) is 0. The molecule has 0 radical (unpaired) electrons. The number of imidazole rings is 1. The Morgan fingerprint density at radius 3 is 2.26 bits per heavy atom. The highest BCUT2D eigenvalue weighted by Gasteiger charge is 2.30. The number of hydrogen-bond donors (Lipinski definition) is 9. The number of H-pyrrole nitrogens is 1. The molecule has 0 fully saturated rings. The fourth-order valence-electron chi connectivity index (χ4n) is 2.70. The van der Waals surface area contributed by atoms with E-state index in [2.05, 4.69) is 25.6 Å². The van der Waals surface area contributed by atoms with Crippen molar-refractivity contribution in [1.82, 2.24) is 25.9 Å². The quantitative estimate of drug-likeness (QED) is 0.0657. The molecule has 1 aromatic rings. The van der Waals surface area contributed by atoms with E-state index in [0.29, 0.717) is 12.1 Å². The van der Waals surface area contributed by atoms with Crippen LogP contribution in [0.1, 0.15) is 25.0 Å². The minimum Gasteiger partial charge on any atom is -0.481 e. The minimum atomic E-state index is -1.58. The van der Waals surface area contributed by atoms with Crippen molar-refractivity contribution in [3.8, 4) is 0 Å². The molecule has 1 aromatic heterocycles. The maximum absolute atomic E-state index is 12.9. The molecule has 0 saturated heterocycles. The zero-order chi connectivity index (χ0) is 25.7. The Hall–Kier alpha value is -4.21. The summed E-state index contributed by atoms with van der Waals surface area (Å²) >= 11 is 0. The third-order valence-electron chi connectivity index (χ3n) is 4.34. The summed E-state index contributed by atoms with van der Waals surface area (Å²) in [4.78, 5) is 69.7. The number of aromatic nitrogens is 2. The summed E-state index contributed by atoms with van der Waals surface area (Å²) < 4.78 is 0. The van der Waals surface area contributed by atoms with Crippen LogP contribution < -0.4 is 33.2 Å². The summed E-state index contributed by atoms with van der Waals surface area (Å²) in [6, 6.07) is -3.83. The highest BCUT2D eigenvalue weighted by molar-refractivity contribution is 5.95. The zero-order valence-corrected chi connectivity index (χ0v) is 18.2. The highest BCUT2D eigenvalue weighted by Crippen LogP contribution is 2.03. The second-order valence-corrected chi connectivity index (χ2v) is 7.17. The molecule has 0 saturated carbocycles. The molecule has 3 atom stereocenters. The maximum atomic E-state index is 12.9. The number of nitrogens with two attached hydrogens (primary N) is 3. The number of aromatic amines is 1. The van der Waals surface area contributed by atoms with Gasteiger partial charge in [-0.05, 0) is 12.8 Å². The molecule has 0 bridgehead atoms. The Balaban J connectivity index is 2.89. The lowest BCUT2D eigenvalue weighted by molar-refractivity contribution is -0.141. The van der Waals surface area contributed by atoms with E-state index >= 15 is 0 Å². The van der Waals surface area contributed by atoms with Gasteiger partial charge in [0.25, 0.3) is 0 Å². The van der Waals surface area contributed by atoms with E-state index in [9.17, 15) is 24.0 Å². The van der Waals surface area contributed by atoms with Gasteiger partial charge in [-0.25, -0.2) is 4.98 Å². The SMILES string of the molecule is NC(N)=NCCCC(N)C(=O)NC(Cc1cnc[nH]1)C(=O)NC(CC(=O)O)C(=O)NCC(=O)O. The Labute approximate surface area is 193 Å². The number of carbonyl (C=O) groups is 5. The van der Waals surface area contributed by atoms with Gasteiger partial charge in [-0.2, -0.15) is 0 Å². The number of carboxylic acid groups (broad SMARTS) is 2. The number of carbonyl (C=O) groups excluding carboxylic acids is 3. The van der Waals surface area contributed by atoms with Gasteiger partial charge in [-0.15, -0.1) is 0 Å². The summed E-state index contributed by atoms with van der Waals surface area (Å²) in [5.41, 5.74) is 16.8. The molecule has 188 valence electrons. The first-order valence-corrected chi connectivity index (χ1v) is 10.1. The first-order valence-electron chi connectivity index (χ1n) is 10.1. The first-order chi connectivity index (χ1) is 16.0. The number of aliphatic imine (C=N–C) groups is 1. The van der Waals surface area contributed by atoms with Crippen LogP contribution in [0.4, 0.5) is 0 Å². The van der Waals surface area contributed by atoms with E-state index in [1.165, 1.54) is 12.5 Å². The van der Waals surface area contributed by atoms with Crippen molar-refractivity contribution in [2.75, 3.05) is 13.1 Å². The molecular weight excluding hydrogens is 454 g/mol. The van der Waals surface area contributed by atoms with Gasteiger partial charge in [-0.3, -0.25) is 29.0 Å². The fourth-order valence-corrected chi connectivity index (χ4v) is 2.70. The Morgan fingerprint density at radius 1 is 1.03 bits per heavy atom. The lowest BCUT2D eigenvalue weighted by atomic mass is 10.1. The predicted octanol–water partition coefficient (Wildman–Crippen LogP) is -4.02. The van der Waals surface area contributed by atoms with Crippen LogP contribution in [0.5, 0.6) is 0 Å². The largest absolute Gasteiger partial charge is 0.481 e. The Kier molecular flexibility index (Phi) is 11.5. The highest BCUT2D eigenvalue weighted by atomic mass is 16.4. The summed E-state index contributed by atoms with van der Waals surface area (Å²) in [6.07, 6.45) is 2.49. The standard InChI is InChI=1S/C18H29N9O7/c19-10(2-1-3-23-18(20)21)15(32)26-11(4-9-6-22-8-25-9)17(34)27-12(5-13(28)29)16(33)24-7-14(30)31/h6,8,10-12H,1-5,7,19H2,(H,22,25)(H,24,33)(H,26,32)(H,27,34)(H,28,29)(H,30,31)(H4,20,21,23). The lowest BCUT2D eigenvalue weighted by Gasteiger charge is -2.23. The van der Waals surface area contributed by atoms with E-state index in [1.54, 1.807) is 0 Å². The van der Waals surface area contributed by atoms with Crippen molar-refractivity contribution in [3.63, 3.8) is 0 Å². The molecule has 0 aliphatic heterocycles. The molecule has 1 heterocycles. The van der Waals surface area contributed by atoms with Crippen LogP contribution in [-0.2, 0) is 30.4 Å². The molecule has 0 spiro atoms. The monoisotopic (exact) mass is 483 g/mol. The van der Waals surface area contributed by atoms with Gasteiger partial charge < -0.3 is 48.3 Å². The van der Waals surface area contributed by atoms with Gasteiger partial charge in [0.05, 0.1) is 18.8 Å². The number of hydrogen-bond acceptors (Lipinski definition) is 8. The molecule has 12 N–H and O–H groups in total. The van der Waals surface area contributed by atoms with Crippen LogP contribution in [0.25, 0.3) is 0 Å². The van der Waals surface area contributed by atoms with Crippen molar-refractivity contribution in [3.05, 3.63) is 18.2 Å². The zero-order valence-electron chi connectivity index (χ0n) is 18.2. The van der Waals surface area contributed by atoms with Crippen molar-refractivity contribution in [1.29, 1.82) is 0 Å². The molecule has 0 aromatic carbocycles. The molecule has 3 amide bonds.